The van der Waals surface area contributed by atoms with Gasteiger partial charge in [0.15, 0.2) is 0 Å². The summed E-state index contributed by atoms with van der Waals surface area (Å²) in [6.45, 7) is 4.88. The Balaban J connectivity index is 1.44. The lowest BCUT2D eigenvalue weighted by atomic mass is 9.46. The molecule has 2 N–H and O–H groups in total. The molecule has 3 fully saturated rings. The molecule has 4 aliphatic rings. The van der Waals surface area contributed by atoms with E-state index in [1.165, 1.54) is 24.0 Å². The minimum atomic E-state index is -0.572. The van der Waals surface area contributed by atoms with Crippen LogP contribution >= 0.6 is 0 Å². The average molecular weight is 381 g/mol. The monoisotopic (exact) mass is 380 g/mol. The highest BCUT2D eigenvalue weighted by atomic mass is 16.3. The molecule has 0 saturated heterocycles. The van der Waals surface area contributed by atoms with Crippen LogP contribution in [-0.2, 0) is 6.42 Å². The summed E-state index contributed by atoms with van der Waals surface area (Å²) >= 11 is 0. The molecule has 0 radical (unpaired) electrons. The summed E-state index contributed by atoms with van der Waals surface area (Å²) in [6.07, 6.45) is 11.8. The quantitative estimate of drug-likeness (QED) is 0.685. The van der Waals surface area contributed by atoms with Crippen LogP contribution in [-0.4, -0.2) is 21.9 Å². The summed E-state index contributed by atoms with van der Waals surface area (Å²) in [5, 5.41) is 22.1. The van der Waals surface area contributed by atoms with Crippen molar-refractivity contribution in [2.45, 2.75) is 83.3 Å². The molecule has 5 rings (SSSR count). The fourth-order valence-electron chi connectivity index (χ4n) is 7.98. The maximum absolute atomic E-state index is 11.9. The summed E-state index contributed by atoms with van der Waals surface area (Å²) in [7, 11) is 0. The van der Waals surface area contributed by atoms with Gasteiger partial charge in [-0.15, -0.1) is 0 Å². The van der Waals surface area contributed by atoms with Gasteiger partial charge in [-0.25, -0.2) is 0 Å². The van der Waals surface area contributed by atoms with E-state index in [9.17, 15) is 10.2 Å². The number of aliphatic hydroxyl groups is 2. The van der Waals surface area contributed by atoms with Crippen LogP contribution in [0.25, 0.3) is 0 Å². The van der Waals surface area contributed by atoms with Crippen LogP contribution in [0.2, 0.25) is 0 Å². The second-order valence-corrected chi connectivity index (χ2v) is 10.8. The summed E-state index contributed by atoms with van der Waals surface area (Å²) in [6, 6.07) is 10.6. The van der Waals surface area contributed by atoms with Crippen molar-refractivity contribution in [1.82, 2.24) is 0 Å². The predicted octanol–water partition coefficient (Wildman–Crippen LogP) is 5.28. The van der Waals surface area contributed by atoms with Crippen molar-refractivity contribution in [1.29, 1.82) is 0 Å². The molecule has 0 spiro atoms. The van der Waals surface area contributed by atoms with E-state index in [1.54, 1.807) is 0 Å². The molecule has 2 nitrogen and oxygen atoms in total. The van der Waals surface area contributed by atoms with Gasteiger partial charge in [0.2, 0.25) is 0 Å². The molecule has 7 atom stereocenters. The first-order chi connectivity index (χ1) is 13.4. The van der Waals surface area contributed by atoms with E-state index in [-0.39, 0.29) is 16.9 Å². The molecule has 1 aromatic rings. The standard InChI is InChI=1S/C26H36O2/c1-24-13-10-20(27)16-19(24)8-9-21-22(24)11-14-25(2)23(21)12-15-26(25,28)17-18-6-4-3-5-7-18/h3-8,20-23,27-28H,9-17H2,1-2H3/t20?,21-,22-,23+,24+,25+,26?/m1/s1. The van der Waals surface area contributed by atoms with Crippen molar-refractivity contribution in [3.05, 3.63) is 47.5 Å². The molecule has 0 bridgehead atoms. The molecule has 0 amide bonds. The zero-order valence-electron chi connectivity index (χ0n) is 17.5. The van der Waals surface area contributed by atoms with Crippen LogP contribution in [0.3, 0.4) is 0 Å². The number of aliphatic hydroxyl groups excluding tert-OH is 1. The van der Waals surface area contributed by atoms with Crippen LogP contribution in [0.5, 0.6) is 0 Å². The third-order valence-electron chi connectivity index (χ3n) is 9.74. The summed E-state index contributed by atoms with van der Waals surface area (Å²) in [5.74, 6) is 2.06. The summed E-state index contributed by atoms with van der Waals surface area (Å²) in [4.78, 5) is 0. The summed E-state index contributed by atoms with van der Waals surface area (Å²) < 4.78 is 0. The van der Waals surface area contributed by atoms with Gasteiger partial charge in [-0.2, -0.15) is 0 Å². The fraction of sp³-hybridized carbons (Fsp3) is 0.692. The molecule has 3 saturated carbocycles. The number of allylic oxidation sites excluding steroid dienone is 1. The topological polar surface area (TPSA) is 40.5 Å². The highest BCUT2D eigenvalue weighted by molar-refractivity contribution is 5.27. The van der Waals surface area contributed by atoms with Crippen LogP contribution in [0.4, 0.5) is 0 Å². The van der Waals surface area contributed by atoms with Crippen molar-refractivity contribution in [2.75, 3.05) is 0 Å². The van der Waals surface area contributed by atoms with Crippen molar-refractivity contribution in [3.8, 4) is 0 Å². The molecule has 1 aromatic carbocycles. The first-order valence-corrected chi connectivity index (χ1v) is 11.5. The lowest BCUT2D eigenvalue weighted by Gasteiger charge is -2.59. The minimum absolute atomic E-state index is 0.0277. The number of fused-ring (bicyclic) bond motifs is 5. The molecule has 28 heavy (non-hydrogen) atoms. The second kappa shape index (κ2) is 6.44. The van der Waals surface area contributed by atoms with Gasteiger partial charge in [0, 0.05) is 6.42 Å². The maximum atomic E-state index is 11.9. The first-order valence-electron chi connectivity index (χ1n) is 11.5. The third-order valence-corrected chi connectivity index (χ3v) is 9.74. The number of hydrogen-bond donors (Lipinski definition) is 2. The fourth-order valence-corrected chi connectivity index (χ4v) is 7.98. The number of rotatable bonds is 2. The van der Waals surface area contributed by atoms with Gasteiger partial charge in [0.25, 0.3) is 0 Å². The van der Waals surface area contributed by atoms with Gasteiger partial charge >= 0.3 is 0 Å². The molecular formula is C26H36O2. The van der Waals surface area contributed by atoms with Crippen molar-refractivity contribution < 1.29 is 10.2 Å². The Labute approximate surface area is 170 Å². The van der Waals surface area contributed by atoms with Gasteiger partial charge in [0.1, 0.15) is 0 Å². The van der Waals surface area contributed by atoms with Gasteiger partial charge in [-0.05, 0) is 85.5 Å². The Morgan fingerprint density at radius 1 is 0.964 bits per heavy atom. The molecule has 0 heterocycles. The minimum Gasteiger partial charge on any atom is -0.393 e. The normalized spacial score (nSPS) is 47.6. The number of hydrogen-bond acceptors (Lipinski definition) is 2. The second-order valence-electron chi connectivity index (χ2n) is 10.8. The smallest absolute Gasteiger partial charge is 0.0744 e. The van der Waals surface area contributed by atoms with Gasteiger partial charge in [-0.1, -0.05) is 55.8 Å². The molecule has 0 aromatic heterocycles. The molecular weight excluding hydrogens is 344 g/mol. The van der Waals surface area contributed by atoms with E-state index in [0.29, 0.717) is 11.8 Å². The van der Waals surface area contributed by atoms with Crippen LogP contribution < -0.4 is 0 Å². The van der Waals surface area contributed by atoms with E-state index >= 15 is 0 Å². The predicted molar refractivity (Wildman–Crippen MR) is 113 cm³/mol. The lowest BCUT2D eigenvalue weighted by molar-refractivity contribution is -0.124. The lowest BCUT2D eigenvalue weighted by Crippen LogP contribution is -2.55. The zero-order chi connectivity index (χ0) is 19.6. The number of benzene rings is 1. The highest BCUT2D eigenvalue weighted by Gasteiger charge is 2.63. The van der Waals surface area contributed by atoms with Gasteiger partial charge < -0.3 is 10.2 Å². The van der Waals surface area contributed by atoms with Crippen LogP contribution in [0.1, 0.15) is 70.8 Å². The van der Waals surface area contributed by atoms with E-state index < -0.39 is 5.60 Å². The molecule has 4 aliphatic carbocycles. The zero-order valence-corrected chi connectivity index (χ0v) is 17.5. The Kier molecular flexibility index (Phi) is 4.34. The van der Waals surface area contributed by atoms with Crippen molar-refractivity contribution in [3.63, 3.8) is 0 Å². The van der Waals surface area contributed by atoms with Crippen LogP contribution in [0.15, 0.2) is 42.0 Å². The Hall–Kier alpha value is -1.12. The molecule has 152 valence electrons. The van der Waals surface area contributed by atoms with E-state index in [4.69, 9.17) is 0 Å². The van der Waals surface area contributed by atoms with E-state index in [0.717, 1.165) is 50.9 Å². The summed E-state index contributed by atoms with van der Waals surface area (Å²) in [5.41, 5.74) is 2.54. The Bertz CT molecular complexity index is 770. The van der Waals surface area contributed by atoms with E-state index in [2.05, 4.69) is 50.3 Å². The Morgan fingerprint density at radius 3 is 2.50 bits per heavy atom. The molecule has 0 aliphatic heterocycles. The Morgan fingerprint density at radius 2 is 1.71 bits per heavy atom. The molecule has 2 heteroatoms. The largest absolute Gasteiger partial charge is 0.393 e. The van der Waals surface area contributed by atoms with Crippen LogP contribution in [0, 0.1) is 28.6 Å². The SMILES string of the molecule is C[C@]12CCC(O)CC1=CC[C@@H]1[C@H]2CC[C@@]2(C)[C@H]1CCC2(O)Cc1ccccc1. The third kappa shape index (κ3) is 2.60. The average Bonchev–Trinajstić information content (AvgIpc) is 2.94. The van der Waals surface area contributed by atoms with Gasteiger partial charge in [0.05, 0.1) is 11.7 Å². The maximum Gasteiger partial charge on any atom is 0.0744 e. The van der Waals surface area contributed by atoms with Gasteiger partial charge in [-0.3, -0.25) is 0 Å². The van der Waals surface area contributed by atoms with Crippen molar-refractivity contribution in [2.24, 2.45) is 28.6 Å². The van der Waals surface area contributed by atoms with Crippen molar-refractivity contribution >= 4 is 0 Å². The highest BCUT2D eigenvalue weighted by Crippen LogP contribution is 2.67. The first kappa shape index (κ1) is 18.9. The molecule has 2 unspecified atom stereocenters. The van der Waals surface area contributed by atoms with E-state index in [1.807, 2.05) is 0 Å².